The fourth-order valence-electron chi connectivity index (χ4n) is 1.90. The van der Waals surface area contributed by atoms with Gasteiger partial charge in [0.2, 0.25) is 0 Å². The number of carbonyl (C=O) groups excluding carboxylic acids is 1. The van der Waals surface area contributed by atoms with E-state index in [0.717, 1.165) is 0 Å². The van der Waals surface area contributed by atoms with Crippen LogP contribution < -0.4 is 11.1 Å². The monoisotopic (exact) mass is 382 g/mol. The minimum Gasteiger partial charge on any atom is -0.481 e. The topological polar surface area (TPSA) is 167 Å². The number of benzene rings is 1. The summed E-state index contributed by atoms with van der Waals surface area (Å²) in [5, 5.41) is 27.9. The number of carboxylic acids is 3. The molecule has 1 aromatic rings. The van der Waals surface area contributed by atoms with Crippen molar-refractivity contribution in [3.63, 3.8) is 0 Å². The molecule has 0 fully saturated rings. The molecular weight excluding hydrogens is 356 g/mol. The predicted molar refractivity (Wildman–Crippen MR) is 97.3 cm³/mol. The number of carboxylic acid groups (broad SMARTS) is 3. The molecule has 0 aliphatic heterocycles. The second kappa shape index (κ2) is 12.4. The van der Waals surface area contributed by atoms with E-state index in [1.165, 1.54) is 0 Å². The minimum absolute atomic E-state index is 0.0231. The van der Waals surface area contributed by atoms with Crippen molar-refractivity contribution in [2.24, 2.45) is 11.7 Å². The minimum atomic E-state index is -1.17. The van der Waals surface area contributed by atoms with Crippen LogP contribution in [0.3, 0.4) is 0 Å². The van der Waals surface area contributed by atoms with Gasteiger partial charge >= 0.3 is 17.9 Å². The largest absolute Gasteiger partial charge is 0.481 e. The highest BCUT2D eigenvalue weighted by atomic mass is 16.4. The van der Waals surface area contributed by atoms with Crippen LogP contribution in [0.5, 0.6) is 0 Å². The molecule has 1 rings (SSSR count). The highest BCUT2D eigenvalue weighted by Gasteiger charge is 2.25. The first-order valence-corrected chi connectivity index (χ1v) is 8.39. The van der Waals surface area contributed by atoms with Gasteiger partial charge in [0.05, 0.1) is 0 Å². The van der Waals surface area contributed by atoms with E-state index in [0.29, 0.717) is 12.0 Å². The molecule has 0 saturated carbocycles. The number of aliphatic carboxylic acids is 3. The Morgan fingerprint density at radius 1 is 1.04 bits per heavy atom. The van der Waals surface area contributed by atoms with E-state index in [2.05, 4.69) is 5.32 Å². The summed E-state index contributed by atoms with van der Waals surface area (Å²) in [7, 11) is 0. The van der Waals surface area contributed by atoms with Gasteiger partial charge in [0.25, 0.3) is 5.91 Å². The Morgan fingerprint density at radius 2 is 1.59 bits per heavy atom. The normalized spacial score (nSPS) is 13.3. The van der Waals surface area contributed by atoms with Crippen LogP contribution >= 0.6 is 0 Å². The van der Waals surface area contributed by atoms with Crippen molar-refractivity contribution in [1.29, 1.82) is 0 Å². The van der Waals surface area contributed by atoms with Crippen LogP contribution in [0.2, 0.25) is 0 Å². The summed E-state index contributed by atoms with van der Waals surface area (Å²) < 4.78 is 0. The van der Waals surface area contributed by atoms with Gasteiger partial charge in [-0.1, -0.05) is 38.5 Å². The van der Waals surface area contributed by atoms with Crippen molar-refractivity contribution in [1.82, 2.24) is 5.32 Å². The Hall–Kier alpha value is -2.94. The van der Waals surface area contributed by atoms with Crippen LogP contribution in [0.1, 0.15) is 43.5 Å². The molecule has 1 aromatic carbocycles. The molecule has 0 aliphatic carbocycles. The zero-order valence-electron chi connectivity index (χ0n) is 15.3. The Balaban J connectivity index is 0.000000580. The van der Waals surface area contributed by atoms with E-state index >= 15 is 0 Å². The third-order valence-electron chi connectivity index (χ3n) is 3.79. The molecule has 0 heterocycles. The zero-order chi connectivity index (χ0) is 21.0. The molecule has 3 atom stereocenters. The van der Waals surface area contributed by atoms with E-state index < -0.39 is 30.0 Å². The fraction of sp³-hybridized carbons (Fsp3) is 0.444. The lowest BCUT2D eigenvalue weighted by molar-refractivity contribution is -0.141. The molecule has 27 heavy (non-hydrogen) atoms. The number of nitrogens with two attached hydrogens (primary N) is 1. The number of rotatable bonds is 9. The van der Waals surface area contributed by atoms with Gasteiger partial charge < -0.3 is 26.4 Å². The van der Waals surface area contributed by atoms with Gasteiger partial charge in [-0.25, -0.2) is 4.79 Å². The Morgan fingerprint density at radius 3 is 2.00 bits per heavy atom. The first-order chi connectivity index (χ1) is 12.6. The fourth-order valence-corrected chi connectivity index (χ4v) is 1.90. The maximum atomic E-state index is 11.8. The molecule has 0 bridgehead atoms. The van der Waals surface area contributed by atoms with Crippen LogP contribution in [0.25, 0.3) is 0 Å². The van der Waals surface area contributed by atoms with Crippen molar-refractivity contribution < 1.29 is 34.5 Å². The van der Waals surface area contributed by atoms with Crippen molar-refractivity contribution >= 4 is 23.8 Å². The molecule has 6 N–H and O–H groups in total. The molecule has 0 unspecified atom stereocenters. The molecule has 150 valence electrons. The zero-order valence-corrected chi connectivity index (χ0v) is 15.3. The average Bonchev–Trinajstić information content (AvgIpc) is 2.64. The van der Waals surface area contributed by atoms with Gasteiger partial charge in [-0.15, -0.1) is 0 Å². The molecule has 0 aromatic heterocycles. The van der Waals surface area contributed by atoms with Crippen LogP contribution in [0, 0.1) is 5.92 Å². The van der Waals surface area contributed by atoms with Crippen LogP contribution in [0.15, 0.2) is 30.3 Å². The first-order valence-electron chi connectivity index (χ1n) is 8.39. The van der Waals surface area contributed by atoms with E-state index in [-0.39, 0.29) is 24.7 Å². The molecule has 0 radical (unpaired) electrons. The average molecular weight is 382 g/mol. The third kappa shape index (κ3) is 9.95. The van der Waals surface area contributed by atoms with E-state index in [9.17, 15) is 19.2 Å². The molecule has 0 saturated heterocycles. The quantitative estimate of drug-likeness (QED) is 0.424. The summed E-state index contributed by atoms with van der Waals surface area (Å²) in [6.45, 7) is 3.71. The van der Waals surface area contributed by atoms with Crippen LogP contribution in [-0.2, 0) is 14.4 Å². The number of carbonyl (C=O) groups is 4. The van der Waals surface area contributed by atoms with Gasteiger partial charge in [0.15, 0.2) is 0 Å². The summed E-state index contributed by atoms with van der Waals surface area (Å²) >= 11 is 0. The number of amides is 1. The number of nitrogens with one attached hydrogen (secondary N) is 1. The van der Waals surface area contributed by atoms with Crippen molar-refractivity contribution in [3.8, 4) is 0 Å². The number of hydrogen-bond donors (Lipinski definition) is 5. The highest BCUT2D eigenvalue weighted by Crippen LogP contribution is 2.09. The second-order valence-electron chi connectivity index (χ2n) is 5.92. The maximum Gasteiger partial charge on any atom is 0.326 e. The van der Waals surface area contributed by atoms with Gasteiger partial charge in [0.1, 0.15) is 12.1 Å². The van der Waals surface area contributed by atoms with Crippen molar-refractivity contribution in [2.75, 3.05) is 0 Å². The summed E-state index contributed by atoms with van der Waals surface area (Å²) in [5.74, 6) is -3.64. The molecular formula is C18H26N2O7. The lowest BCUT2D eigenvalue weighted by atomic mass is 9.99. The van der Waals surface area contributed by atoms with Gasteiger partial charge in [-0.2, -0.15) is 0 Å². The van der Waals surface area contributed by atoms with E-state index in [4.69, 9.17) is 21.1 Å². The Labute approximate surface area is 157 Å². The van der Waals surface area contributed by atoms with E-state index in [1.807, 2.05) is 13.8 Å². The lowest BCUT2D eigenvalue weighted by Crippen LogP contribution is -2.44. The Bertz CT molecular complexity index is 634. The lowest BCUT2D eigenvalue weighted by Gasteiger charge is -2.20. The van der Waals surface area contributed by atoms with Crippen molar-refractivity contribution in [2.45, 2.75) is 45.2 Å². The van der Waals surface area contributed by atoms with Crippen molar-refractivity contribution in [3.05, 3.63) is 35.9 Å². The SMILES string of the molecule is CC[C@H](C)[C@H](NC(=O)c1ccccc1)C(=O)O.N[C@@H](CCC(=O)O)C(=O)O. The standard InChI is InChI=1S/C13H17NO3.C5H9NO4/c1-3-9(2)11(13(16)17)14-12(15)10-7-5-4-6-8-10;6-3(5(9)10)1-2-4(7)8/h4-9,11H,3H2,1-2H3,(H,14,15)(H,16,17);3H,1-2,6H2,(H,7,8)(H,9,10)/t9-,11-;3-/m00/s1. The Kier molecular flexibility index (Phi) is 11.1. The van der Waals surface area contributed by atoms with E-state index in [1.54, 1.807) is 30.3 Å². The van der Waals surface area contributed by atoms with Crippen LogP contribution in [0.4, 0.5) is 0 Å². The molecule has 0 aliphatic rings. The smallest absolute Gasteiger partial charge is 0.326 e. The molecule has 9 heteroatoms. The molecule has 9 nitrogen and oxygen atoms in total. The predicted octanol–water partition coefficient (Wildman–Crippen LogP) is 1.18. The number of hydrogen-bond acceptors (Lipinski definition) is 5. The maximum absolute atomic E-state index is 11.8. The molecule has 1 amide bonds. The highest BCUT2D eigenvalue weighted by molar-refractivity contribution is 5.96. The summed E-state index contributed by atoms with van der Waals surface area (Å²) in [5.41, 5.74) is 5.48. The first kappa shape index (κ1) is 24.1. The summed E-state index contributed by atoms with van der Waals surface area (Å²) in [4.78, 5) is 42.7. The van der Waals surface area contributed by atoms with Gasteiger partial charge in [0, 0.05) is 12.0 Å². The second-order valence-corrected chi connectivity index (χ2v) is 5.92. The van der Waals surface area contributed by atoms with Gasteiger partial charge in [-0.3, -0.25) is 14.4 Å². The third-order valence-corrected chi connectivity index (χ3v) is 3.79. The van der Waals surface area contributed by atoms with Crippen LogP contribution in [-0.4, -0.2) is 51.2 Å². The van der Waals surface area contributed by atoms with Gasteiger partial charge in [-0.05, 0) is 24.5 Å². The summed E-state index contributed by atoms with van der Waals surface area (Å²) in [6.07, 6.45) is 0.476. The molecule has 0 spiro atoms. The summed E-state index contributed by atoms with van der Waals surface area (Å²) in [6, 6.07) is 6.71.